The maximum Gasteiger partial charge on any atom is 0.326 e. The third-order valence-electron chi connectivity index (χ3n) is 7.06. The Morgan fingerprint density at radius 3 is 2.23 bits per heavy atom. The van der Waals surface area contributed by atoms with E-state index in [4.69, 9.17) is 9.47 Å². The Labute approximate surface area is 211 Å². The highest BCUT2D eigenvalue weighted by atomic mass is 32.2. The Morgan fingerprint density at radius 1 is 1.00 bits per heavy atom. The molecule has 0 unspecified atom stereocenters. The molecule has 5 rings (SSSR count). The van der Waals surface area contributed by atoms with Crippen molar-refractivity contribution in [3.63, 3.8) is 0 Å². The fraction of sp³-hybridized carbons (Fsp3) is 0.345. The van der Waals surface area contributed by atoms with Gasteiger partial charge in [-0.15, -0.1) is 0 Å². The molecule has 2 heterocycles. The average molecular weight is 489 g/mol. The fourth-order valence-corrected chi connectivity index (χ4v) is 6.49. The lowest BCUT2D eigenvalue weighted by Crippen LogP contribution is -2.46. The zero-order chi connectivity index (χ0) is 24.5. The molecule has 3 aromatic rings. The van der Waals surface area contributed by atoms with Crippen LogP contribution in [0.3, 0.4) is 0 Å². The maximum absolute atomic E-state index is 13.6. The van der Waals surface area contributed by atoms with E-state index in [2.05, 4.69) is 43.4 Å². The van der Waals surface area contributed by atoms with Crippen LogP contribution in [0.25, 0.3) is 0 Å². The maximum atomic E-state index is 13.6. The van der Waals surface area contributed by atoms with Crippen molar-refractivity contribution in [1.29, 1.82) is 0 Å². The number of methoxy groups -OCH3 is 1. The van der Waals surface area contributed by atoms with E-state index in [1.165, 1.54) is 5.56 Å². The molecule has 1 saturated heterocycles. The van der Waals surface area contributed by atoms with Gasteiger partial charge in [0.15, 0.2) is 0 Å². The molecule has 35 heavy (non-hydrogen) atoms. The number of rotatable bonds is 5. The molecular formula is C29H32N2O3S. The smallest absolute Gasteiger partial charge is 0.326 e. The van der Waals surface area contributed by atoms with Gasteiger partial charge >= 0.3 is 6.03 Å². The third kappa shape index (κ3) is 4.78. The standard InChI is InChI=1S/C29H32N2O3S/c1-28(2)20-29(17-19-34-28,21-12-14-22(33-3)15-13-21)16-18-30-27(32)31-23-8-4-6-10-25(23)35-26-11-7-5-9-24(26)31/h4-15H,16-20H2,1-3H3,(H,30,32)/t29-/m1/s1. The summed E-state index contributed by atoms with van der Waals surface area (Å²) in [6.07, 6.45) is 2.66. The molecule has 6 heteroatoms. The van der Waals surface area contributed by atoms with Crippen LogP contribution in [-0.2, 0) is 10.2 Å². The van der Waals surface area contributed by atoms with E-state index in [1.807, 2.05) is 53.4 Å². The number of ether oxygens (including phenoxy) is 2. The van der Waals surface area contributed by atoms with Crippen LogP contribution in [0.1, 0.15) is 38.7 Å². The summed E-state index contributed by atoms with van der Waals surface area (Å²) in [7, 11) is 1.69. The molecule has 2 amide bonds. The molecule has 1 atom stereocenters. The Bertz CT molecular complexity index is 1170. The van der Waals surface area contributed by atoms with E-state index in [0.29, 0.717) is 13.2 Å². The lowest BCUT2D eigenvalue weighted by molar-refractivity contribution is -0.0838. The molecule has 0 aromatic heterocycles. The Kier molecular flexibility index (Phi) is 6.51. The number of nitrogens with one attached hydrogen (secondary N) is 1. The minimum absolute atomic E-state index is 0.0745. The molecule has 0 radical (unpaired) electrons. The fourth-order valence-electron chi connectivity index (χ4n) is 5.44. The first kappa shape index (κ1) is 23.8. The van der Waals surface area contributed by atoms with E-state index >= 15 is 0 Å². The summed E-state index contributed by atoms with van der Waals surface area (Å²) in [5.41, 5.74) is 2.82. The van der Waals surface area contributed by atoms with Crippen molar-refractivity contribution in [2.45, 2.75) is 53.9 Å². The Balaban J connectivity index is 1.37. The number of urea groups is 1. The van der Waals surface area contributed by atoms with Crippen molar-refractivity contribution in [3.8, 4) is 5.75 Å². The van der Waals surface area contributed by atoms with Crippen LogP contribution in [0.15, 0.2) is 82.6 Å². The molecule has 0 aliphatic carbocycles. The minimum Gasteiger partial charge on any atom is -0.497 e. The Hall–Kier alpha value is -2.96. The van der Waals surface area contributed by atoms with Gasteiger partial charge in [-0.25, -0.2) is 4.79 Å². The van der Waals surface area contributed by atoms with E-state index in [0.717, 1.165) is 46.2 Å². The first-order valence-corrected chi connectivity index (χ1v) is 12.9. The lowest BCUT2D eigenvalue weighted by Gasteiger charge is -2.45. The molecule has 182 valence electrons. The van der Waals surface area contributed by atoms with Crippen LogP contribution in [0.5, 0.6) is 5.75 Å². The summed E-state index contributed by atoms with van der Waals surface area (Å²) in [6.45, 7) is 5.59. The summed E-state index contributed by atoms with van der Waals surface area (Å²) in [4.78, 5) is 17.6. The molecule has 2 aliphatic rings. The summed E-state index contributed by atoms with van der Waals surface area (Å²) < 4.78 is 11.4. The summed E-state index contributed by atoms with van der Waals surface area (Å²) in [6, 6.07) is 24.4. The normalized spacial score (nSPS) is 20.5. The first-order valence-electron chi connectivity index (χ1n) is 12.1. The molecule has 1 N–H and O–H groups in total. The molecule has 2 aliphatic heterocycles. The molecule has 0 saturated carbocycles. The molecule has 3 aromatic carbocycles. The Morgan fingerprint density at radius 2 is 1.63 bits per heavy atom. The van der Waals surface area contributed by atoms with E-state index in [9.17, 15) is 4.79 Å². The number of benzene rings is 3. The number of amides is 2. The van der Waals surface area contributed by atoms with Crippen molar-refractivity contribution in [2.75, 3.05) is 25.2 Å². The predicted molar refractivity (Wildman–Crippen MR) is 141 cm³/mol. The second-order valence-electron chi connectivity index (χ2n) is 9.90. The van der Waals surface area contributed by atoms with Crippen LogP contribution < -0.4 is 15.0 Å². The predicted octanol–water partition coefficient (Wildman–Crippen LogP) is 6.92. The van der Waals surface area contributed by atoms with Gasteiger partial charge in [-0.3, -0.25) is 4.90 Å². The van der Waals surface area contributed by atoms with Gasteiger partial charge in [0.05, 0.1) is 24.1 Å². The van der Waals surface area contributed by atoms with Crippen LogP contribution in [0, 0.1) is 0 Å². The highest BCUT2D eigenvalue weighted by Gasteiger charge is 2.42. The number of para-hydroxylation sites is 2. The highest BCUT2D eigenvalue weighted by molar-refractivity contribution is 7.99. The summed E-state index contributed by atoms with van der Waals surface area (Å²) in [5, 5.41) is 3.24. The zero-order valence-corrected chi connectivity index (χ0v) is 21.4. The van der Waals surface area contributed by atoms with Gasteiger partial charge in [-0.2, -0.15) is 0 Å². The van der Waals surface area contributed by atoms with Gasteiger partial charge < -0.3 is 14.8 Å². The lowest BCUT2D eigenvalue weighted by atomic mass is 9.67. The van der Waals surface area contributed by atoms with Crippen LogP contribution in [-0.4, -0.2) is 31.9 Å². The van der Waals surface area contributed by atoms with Crippen molar-refractivity contribution >= 4 is 29.2 Å². The van der Waals surface area contributed by atoms with Gasteiger partial charge in [0.1, 0.15) is 5.75 Å². The third-order valence-corrected chi connectivity index (χ3v) is 8.19. The zero-order valence-electron chi connectivity index (χ0n) is 20.5. The topological polar surface area (TPSA) is 50.8 Å². The number of fused-ring (bicyclic) bond motifs is 2. The van der Waals surface area contributed by atoms with Crippen molar-refractivity contribution in [1.82, 2.24) is 5.32 Å². The minimum atomic E-state index is -0.218. The van der Waals surface area contributed by atoms with Crippen LogP contribution in [0.4, 0.5) is 16.2 Å². The molecule has 0 spiro atoms. The van der Waals surface area contributed by atoms with E-state index < -0.39 is 0 Å². The average Bonchev–Trinajstić information content (AvgIpc) is 2.86. The van der Waals surface area contributed by atoms with Crippen molar-refractivity contribution in [2.24, 2.45) is 0 Å². The number of nitrogens with zero attached hydrogens (tertiary/aromatic N) is 1. The van der Waals surface area contributed by atoms with Gasteiger partial charge in [0.2, 0.25) is 0 Å². The van der Waals surface area contributed by atoms with Gasteiger partial charge in [-0.1, -0.05) is 48.2 Å². The largest absolute Gasteiger partial charge is 0.497 e. The van der Waals surface area contributed by atoms with Gasteiger partial charge in [-0.05, 0) is 75.1 Å². The quantitative estimate of drug-likeness (QED) is 0.423. The monoisotopic (exact) mass is 488 g/mol. The molecular weight excluding hydrogens is 456 g/mol. The van der Waals surface area contributed by atoms with Crippen molar-refractivity contribution in [3.05, 3.63) is 78.4 Å². The number of carbonyl (C=O) groups excluding carboxylic acids is 1. The molecule has 5 nitrogen and oxygen atoms in total. The number of hydrogen-bond donors (Lipinski definition) is 1. The van der Waals surface area contributed by atoms with Crippen molar-refractivity contribution < 1.29 is 14.3 Å². The number of hydrogen-bond acceptors (Lipinski definition) is 4. The second kappa shape index (κ2) is 9.59. The van der Waals surface area contributed by atoms with Crippen LogP contribution in [0.2, 0.25) is 0 Å². The number of carbonyl (C=O) groups is 1. The van der Waals surface area contributed by atoms with Gasteiger partial charge in [0, 0.05) is 28.4 Å². The number of anilines is 2. The first-order chi connectivity index (χ1) is 16.9. The second-order valence-corrected chi connectivity index (χ2v) is 11.0. The van der Waals surface area contributed by atoms with Gasteiger partial charge in [0.25, 0.3) is 0 Å². The van der Waals surface area contributed by atoms with Crippen LogP contribution >= 0.6 is 11.8 Å². The SMILES string of the molecule is COc1ccc([C@]2(CCNC(=O)N3c4ccccc4Sc4ccccc43)CCOC(C)(C)C2)cc1. The summed E-state index contributed by atoms with van der Waals surface area (Å²) in [5.74, 6) is 0.851. The molecule has 0 bridgehead atoms. The molecule has 1 fully saturated rings. The van der Waals surface area contributed by atoms with E-state index in [1.54, 1.807) is 18.9 Å². The van der Waals surface area contributed by atoms with E-state index in [-0.39, 0.29) is 17.0 Å². The summed E-state index contributed by atoms with van der Waals surface area (Å²) >= 11 is 1.70. The highest BCUT2D eigenvalue weighted by Crippen LogP contribution is 2.48.